The summed E-state index contributed by atoms with van der Waals surface area (Å²) in [5.41, 5.74) is 5.47. The fourth-order valence-electron chi connectivity index (χ4n) is 1.51. The van der Waals surface area contributed by atoms with Crippen molar-refractivity contribution in [2.45, 2.75) is 19.2 Å². The molecule has 2 heteroatoms. The van der Waals surface area contributed by atoms with E-state index in [2.05, 4.69) is 13.8 Å². The molecule has 0 aromatic rings. The zero-order valence-electron chi connectivity index (χ0n) is 5.97. The van der Waals surface area contributed by atoms with Crippen molar-refractivity contribution >= 4 is 11.6 Å². The Bertz CT molecular complexity index is 103. The highest BCUT2D eigenvalue weighted by atomic mass is 35.5. The van der Waals surface area contributed by atoms with E-state index in [9.17, 15) is 0 Å². The summed E-state index contributed by atoms with van der Waals surface area (Å²) in [6, 6.07) is 0. The number of nitrogens with two attached hydrogens (primary N) is 1. The molecule has 54 valence electrons. The first-order valence-corrected chi connectivity index (χ1v) is 3.96. The van der Waals surface area contributed by atoms with Gasteiger partial charge in [0.25, 0.3) is 0 Å². The Morgan fingerprint density at radius 3 is 2.22 bits per heavy atom. The van der Waals surface area contributed by atoms with Crippen LogP contribution in [0.5, 0.6) is 0 Å². The van der Waals surface area contributed by atoms with E-state index in [1.54, 1.807) is 0 Å². The second kappa shape index (κ2) is 2.47. The molecule has 0 amide bonds. The Morgan fingerprint density at radius 2 is 2.11 bits per heavy atom. The highest BCUT2D eigenvalue weighted by Gasteiger charge is 2.49. The van der Waals surface area contributed by atoms with Gasteiger partial charge in [0.1, 0.15) is 0 Å². The van der Waals surface area contributed by atoms with Crippen LogP contribution >= 0.6 is 11.6 Å². The molecule has 0 aromatic heterocycles. The van der Waals surface area contributed by atoms with Crippen molar-refractivity contribution in [2.24, 2.45) is 23.5 Å². The summed E-state index contributed by atoms with van der Waals surface area (Å²) in [5, 5.41) is 0.370. The van der Waals surface area contributed by atoms with Crippen LogP contribution < -0.4 is 5.73 Å². The molecule has 1 fully saturated rings. The van der Waals surface area contributed by atoms with E-state index in [1.165, 1.54) is 0 Å². The van der Waals surface area contributed by atoms with Gasteiger partial charge in [-0.2, -0.15) is 0 Å². The lowest BCUT2D eigenvalue weighted by molar-refractivity contribution is 0.521. The summed E-state index contributed by atoms with van der Waals surface area (Å²) in [7, 11) is 0. The molecular formula is C7H14ClN. The van der Waals surface area contributed by atoms with Gasteiger partial charge in [0.15, 0.2) is 0 Å². The average molecular weight is 148 g/mol. The highest BCUT2D eigenvalue weighted by molar-refractivity contribution is 6.23. The van der Waals surface area contributed by atoms with Crippen molar-refractivity contribution in [2.75, 3.05) is 6.54 Å². The first kappa shape index (κ1) is 7.36. The van der Waals surface area contributed by atoms with Gasteiger partial charge < -0.3 is 5.73 Å². The van der Waals surface area contributed by atoms with Gasteiger partial charge in [0.05, 0.1) is 0 Å². The molecule has 9 heavy (non-hydrogen) atoms. The molecular weight excluding hydrogens is 134 g/mol. The predicted octanol–water partition coefficient (Wildman–Crippen LogP) is 1.45. The Kier molecular flexibility index (Phi) is 2.02. The van der Waals surface area contributed by atoms with Crippen molar-refractivity contribution in [1.29, 1.82) is 0 Å². The number of hydrogen-bond donors (Lipinski definition) is 1. The zero-order chi connectivity index (χ0) is 7.02. The lowest BCUT2D eigenvalue weighted by atomic mass is 10.1. The minimum atomic E-state index is 0.370. The third-order valence-corrected chi connectivity index (χ3v) is 2.79. The van der Waals surface area contributed by atoms with Crippen molar-refractivity contribution < 1.29 is 0 Å². The largest absolute Gasteiger partial charge is 0.330 e. The number of hydrogen-bond acceptors (Lipinski definition) is 1. The van der Waals surface area contributed by atoms with Crippen LogP contribution in [0, 0.1) is 17.8 Å². The van der Waals surface area contributed by atoms with Gasteiger partial charge in [0, 0.05) is 5.38 Å². The van der Waals surface area contributed by atoms with Crippen molar-refractivity contribution in [3.05, 3.63) is 0 Å². The molecule has 0 saturated heterocycles. The van der Waals surface area contributed by atoms with E-state index < -0.39 is 0 Å². The van der Waals surface area contributed by atoms with E-state index in [0.717, 1.165) is 6.54 Å². The van der Waals surface area contributed by atoms with E-state index in [4.69, 9.17) is 17.3 Å². The topological polar surface area (TPSA) is 26.0 Å². The molecule has 3 atom stereocenters. The standard InChI is InChI=1S/C7H14ClN/c1-4(2)6-5(3-9)7(6)8/h4-7H,3,9H2,1-2H3/t5-,6-,7+/m0/s1. The van der Waals surface area contributed by atoms with Crippen LogP contribution in [0.15, 0.2) is 0 Å². The summed E-state index contributed by atoms with van der Waals surface area (Å²) < 4.78 is 0. The maximum absolute atomic E-state index is 5.93. The Balaban J connectivity index is 2.33. The van der Waals surface area contributed by atoms with Crippen LogP contribution in [-0.4, -0.2) is 11.9 Å². The molecule has 0 aromatic carbocycles. The smallest absolute Gasteiger partial charge is 0.0413 e. The second-order valence-corrected chi connectivity index (χ2v) is 3.67. The number of rotatable bonds is 2. The Hall–Kier alpha value is 0.250. The molecule has 0 unspecified atom stereocenters. The maximum atomic E-state index is 5.93. The van der Waals surface area contributed by atoms with Crippen molar-refractivity contribution in [3.8, 4) is 0 Å². The molecule has 1 aliphatic rings. The fourth-order valence-corrected chi connectivity index (χ4v) is 2.17. The van der Waals surface area contributed by atoms with Crippen LogP contribution in [0.25, 0.3) is 0 Å². The average Bonchev–Trinajstić information content (AvgIpc) is 2.40. The van der Waals surface area contributed by atoms with Gasteiger partial charge >= 0.3 is 0 Å². The highest BCUT2D eigenvalue weighted by Crippen LogP contribution is 2.47. The maximum Gasteiger partial charge on any atom is 0.0413 e. The first-order valence-electron chi connectivity index (χ1n) is 3.52. The molecule has 2 N–H and O–H groups in total. The summed E-state index contributed by atoms with van der Waals surface area (Å²) >= 11 is 5.93. The normalized spacial score (nSPS) is 41.7. The summed E-state index contributed by atoms with van der Waals surface area (Å²) in [6.45, 7) is 5.17. The minimum Gasteiger partial charge on any atom is -0.330 e. The van der Waals surface area contributed by atoms with E-state index in [-0.39, 0.29) is 0 Å². The molecule has 1 saturated carbocycles. The first-order chi connectivity index (χ1) is 4.18. The second-order valence-electron chi connectivity index (χ2n) is 3.17. The van der Waals surface area contributed by atoms with Gasteiger partial charge in [-0.25, -0.2) is 0 Å². The predicted molar refractivity (Wildman–Crippen MR) is 40.5 cm³/mol. The lowest BCUT2D eigenvalue weighted by Crippen LogP contribution is -2.04. The molecule has 0 radical (unpaired) electrons. The van der Waals surface area contributed by atoms with E-state index in [1.807, 2.05) is 0 Å². The van der Waals surface area contributed by atoms with Gasteiger partial charge in [-0.3, -0.25) is 0 Å². The number of halogens is 1. The molecule has 0 bridgehead atoms. The molecule has 1 rings (SSSR count). The minimum absolute atomic E-state index is 0.370. The van der Waals surface area contributed by atoms with Crippen LogP contribution in [0.1, 0.15) is 13.8 Å². The van der Waals surface area contributed by atoms with Gasteiger partial charge in [0.2, 0.25) is 0 Å². The van der Waals surface area contributed by atoms with Gasteiger partial charge in [-0.15, -0.1) is 11.6 Å². The molecule has 1 nitrogen and oxygen atoms in total. The Morgan fingerprint density at radius 1 is 1.56 bits per heavy atom. The zero-order valence-corrected chi connectivity index (χ0v) is 6.73. The van der Waals surface area contributed by atoms with Crippen LogP contribution in [0.4, 0.5) is 0 Å². The SMILES string of the molecule is CC(C)[C@@H]1[C@H](Cl)[C@H]1CN. The summed E-state index contributed by atoms with van der Waals surface area (Å²) in [6.07, 6.45) is 0. The molecule has 0 heterocycles. The summed E-state index contributed by atoms with van der Waals surface area (Å²) in [5.74, 6) is 2.00. The van der Waals surface area contributed by atoms with Crippen molar-refractivity contribution in [3.63, 3.8) is 0 Å². The van der Waals surface area contributed by atoms with Gasteiger partial charge in [-0.1, -0.05) is 13.8 Å². The third kappa shape index (κ3) is 1.22. The van der Waals surface area contributed by atoms with Crippen molar-refractivity contribution in [1.82, 2.24) is 0 Å². The van der Waals surface area contributed by atoms with Gasteiger partial charge in [-0.05, 0) is 24.3 Å². The van der Waals surface area contributed by atoms with E-state index in [0.29, 0.717) is 23.1 Å². The monoisotopic (exact) mass is 147 g/mol. The third-order valence-electron chi connectivity index (χ3n) is 2.17. The molecule has 0 spiro atoms. The van der Waals surface area contributed by atoms with Crippen LogP contribution in [-0.2, 0) is 0 Å². The van der Waals surface area contributed by atoms with Crippen LogP contribution in [0.3, 0.4) is 0 Å². The fraction of sp³-hybridized carbons (Fsp3) is 1.00. The van der Waals surface area contributed by atoms with Crippen LogP contribution in [0.2, 0.25) is 0 Å². The summed E-state index contributed by atoms with van der Waals surface area (Å²) in [4.78, 5) is 0. The molecule has 0 aliphatic heterocycles. The number of alkyl halides is 1. The quantitative estimate of drug-likeness (QED) is 0.588. The Labute approximate surface area is 61.6 Å². The van der Waals surface area contributed by atoms with E-state index >= 15 is 0 Å². The lowest BCUT2D eigenvalue weighted by Gasteiger charge is -1.98. The molecule has 1 aliphatic carbocycles.